The zero-order valence-electron chi connectivity index (χ0n) is 15.1. The molecule has 1 atom stereocenters. The van der Waals surface area contributed by atoms with Gasteiger partial charge in [-0.3, -0.25) is 14.9 Å². The van der Waals surface area contributed by atoms with Crippen LogP contribution in [0.1, 0.15) is 15.9 Å². The number of hydrogen-bond donors (Lipinski definition) is 1. The molecule has 0 saturated carbocycles. The van der Waals surface area contributed by atoms with Gasteiger partial charge in [0.05, 0.1) is 36.0 Å². The largest absolute Gasteiger partial charge is 0.493 e. The normalized spacial score (nSPS) is 16.0. The molecule has 0 aromatic heterocycles. The van der Waals surface area contributed by atoms with E-state index < -0.39 is 11.1 Å². The first-order valence-corrected chi connectivity index (χ1v) is 8.17. The third-order valence-corrected chi connectivity index (χ3v) is 4.39. The van der Waals surface area contributed by atoms with E-state index in [2.05, 4.69) is 5.32 Å². The Kier molecular flexibility index (Phi) is 4.98. The minimum Gasteiger partial charge on any atom is -0.493 e. The highest BCUT2D eigenvalue weighted by molar-refractivity contribution is 6.02. The fraction of sp³-hybridized carbons (Fsp3) is 0.211. The Morgan fingerprint density at radius 1 is 1.19 bits per heavy atom. The van der Waals surface area contributed by atoms with Crippen molar-refractivity contribution in [3.8, 4) is 11.5 Å². The van der Waals surface area contributed by atoms with E-state index in [1.807, 2.05) is 0 Å². The number of nitrogens with zero attached hydrogens (tertiary/aromatic N) is 2. The molecule has 1 unspecified atom stereocenters. The van der Waals surface area contributed by atoms with Crippen LogP contribution in [-0.2, 0) is 0 Å². The quantitative estimate of drug-likeness (QED) is 0.643. The van der Waals surface area contributed by atoms with E-state index in [4.69, 9.17) is 9.47 Å². The lowest BCUT2D eigenvalue weighted by atomic mass is 10.1. The van der Waals surface area contributed by atoms with Crippen LogP contribution in [0.25, 0.3) is 6.08 Å². The summed E-state index contributed by atoms with van der Waals surface area (Å²) in [5.74, 6) is 0.776. The van der Waals surface area contributed by atoms with Crippen LogP contribution >= 0.6 is 0 Å². The van der Waals surface area contributed by atoms with Gasteiger partial charge >= 0.3 is 0 Å². The number of anilines is 1. The summed E-state index contributed by atoms with van der Waals surface area (Å²) in [6.07, 6.45) is 2.87. The summed E-state index contributed by atoms with van der Waals surface area (Å²) in [6.45, 7) is 0. The molecule has 1 aliphatic rings. The van der Waals surface area contributed by atoms with Crippen LogP contribution in [0.3, 0.4) is 0 Å². The first-order chi connectivity index (χ1) is 13.0. The number of benzene rings is 2. The van der Waals surface area contributed by atoms with Crippen LogP contribution in [0.4, 0.5) is 11.4 Å². The Balaban J connectivity index is 1.94. The topological polar surface area (TPSA) is 93.9 Å². The molecule has 27 heavy (non-hydrogen) atoms. The van der Waals surface area contributed by atoms with Gasteiger partial charge in [-0.15, -0.1) is 0 Å². The highest BCUT2D eigenvalue weighted by Gasteiger charge is 2.29. The molecule has 0 spiro atoms. The van der Waals surface area contributed by atoms with E-state index in [0.29, 0.717) is 28.3 Å². The smallest absolute Gasteiger partial charge is 0.276 e. The van der Waals surface area contributed by atoms with E-state index in [1.165, 1.54) is 25.2 Å². The van der Waals surface area contributed by atoms with E-state index >= 15 is 0 Å². The number of ether oxygens (including phenoxy) is 2. The summed E-state index contributed by atoms with van der Waals surface area (Å²) < 4.78 is 10.5. The Morgan fingerprint density at radius 3 is 2.52 bits per heavy atom. The van der Waals surface area contributed by atoms with Crippen molar-refractivity contribution in [1.82, 2.24) is 4.90 Å². The maximum atomic E-state index is 12.7. The van der Waals surface area contributed by atoms with Gasteiger partial charge in [0.25, 0.3) is 11.6 Å². The average molecular weight is 369 g/mol. The number of fused-ring (bicyclic) bond motifs is 1. The molecule has 0 saturated heterocycles. The zero-order valence-corrected chi connectivity index (χ0v) is 15.1. The Morgan fingerprint density at radius 2 is 1.85 bits per heavy atom. The van der Waals surface area contributed by atoms with Gasteiger partial charge in [-0.1, -0.05) is 12.1 Å². The molecule has 0 aliphatic carbocycles. The van der Waals surface area contributed by atoms with Crippen molar-refractivity contribution in [2.45, 2.75) is 6.17 Å². The molecular formula is C19H19N3O5. The Labute approximate surface area is 156 Å². The van der Waals surface area contributed by atoms with Gasteiger partial charge in [0, 0.05) is 19.2 Å². The number of amides is 1. The standard InChI is InChI=1S/C19H19N3O5/c1-21-18(9-8-12-6-4-5-7-15(12)22(24)25)20-14-11-17(27-3)16(26-2)10-13(14)19(21)23/h4-11,18,20H,1-3H3/b9-8+. The number of para-hydroxylation sites is 1. The van der Waals surface area contributed by atoms with Crippen molar-refractivity contribution in [3.05, 3.63) is 63.7 Å². The van der Waals surface area contributed by atoms with Gasteiger partial charge in [-0.05, 0) is 24.3 Å². The van der Waals surface area contributed by atoms with E-state index in [9.17, 15) is 14.9 Å². The van der Waals surface area contributed by atoms with Crippen LogP contribution < -0.4 is 14.8 Å². The molecule has 2 aromatic carbocycles. The maximum absolute atomic E-state index is 12.7. The second kappa shape index (κ2) is 7.36. The molecule has 0 radical (unpaired) electrons. The summed E-state index contributed by atoms with van der Waals surface area (Å²) in [5.41, 5.74) is 1.53. The summed E-state index contributed by atoms with van der Waals surface area (Å²) in [6, 6.07) is 9.76. The zero-order chi connectivity index (χ0) is 19.6. The number of carbonyl (C=O) groups excluding carboxylic acids is 1. The van der Waals surface area contributed by atoms with Crippen molar-refractivity contribution in [2.75, 3.05) is 26.6 Å². The molecule has 8 heteroatoms. The SMILES string of the molecule is COc1cc2c(cc1OC)C(=O)N(C)C(/C=C/c1ccccc1[N+](=O)[O-])N2. The van der Waals surface area contributed by atoms with Gasteiger partial charge < -0.3 is 19.7 Å². The first kappa shape index (κ1) is 18.2. The second-order valence-electron chi connectivity index (χ2n) is 5.93. The van der Waals surface area contributed by atoms with Crippen molar-refractivity contribution in [2.24, 2.45) is 0 Å². The second-order valence-corrected chi connectivity index (χ2v) is 5.93. The number of carbonyl (C=O) groups is 1. The molecule has 1 aliphatic heterocycles. The molecule has 2 aromatic rings. The monoisotopic (exact) mass is 369 g/mol. The van der Waals surface area contributed by atoms with E-state index in [1.54, 1.807) is 49.5 Å². The van der Waals surface area contributed by atoms with Gasteiger partial charge in [0.15, 0.2) is 11.5 Å². The van der Waals surface area contributed by atoms with Gasteiger partial charge in [0.2, 0.25) is 0 Å². The average Bonchev–Trinajstić information content (AvgIpc) is 2.68. The van der Waals surface area contributed by atoms with Gasteiger partial charge in [0.1, 0.15) is 6.17 Å². The van der Waals surface area contributed by atoms with Crippen molar-refractivity contribution >= 4 is 23.4 Å². The van der Waals surface area contributed by atoms with Crippen molar-refractivity contribution in [3.63, 3.8) is 0 Å². The Hall–Kier alpha value is -3.55. The molecule has 1 heterocycles. The molecule has 140 valence electrons. The van der Waals surface area contributed by atoms with Gasteiger partial charge in [-0.2, -0.15) is 0 Å². The van der Waals surface area contributed by atoms with E-state index in [0.717, 1.165) is 0 Å². The minimum atomic E-state index is -0.470. The maximum Gasteiger partial charge on any atom is 0.276 e. The number of nitro benzene ring substituents is 1. The summed E-state index contributed by atoms with van der Waals surface area (Å²) in [7, 11) is 4.68. The molecule has 3 rings (SSSR count). The number of nitrogens with one attached hydrogen (secondary N) is 1. The predicted octanol–water partition coefficient (Wildman–Crippen LogP) is 3.15. The highest BCUT2D eigenvalue weighted by Crippen LogP contribution is 2.36. The van der Waals surface area contributed by atoms with Crippen LogP contribution in [0, 0.1) is 10.1 Å². The number of nitro groups is 1. The van der Waals surface area contributed by atoms with E-state index in [-0.39, 0.29) is 11.6 Å². The lowest BCUT2D eigenvalue weighted by Crippen LogP contribution is -2.45. The third-order valence-electron chi connectivity index (χ3n) is 4.39. The number of hydrogen-bond acceptors (Lipinski definition) is 6. The first-order valence-electron chi connectivity index (χ1n) is 8.17. The molecule has 0 fully saturated rings. The molecule has 0 bridgehead atoms. The summed E-state index contributed by atoms with van der Waals surface area (Å²) in [4.78, 5) is 25.0. The van der Waals surface area contributed by atoms with Crippen LogP contribution in [0.2, 0.25) is 0 Å². The third kappa shape index (κ3) is 3.41. The van der Waals surface area contributed by atoms with Crippen LogP contribution in [0.15, 0.2) is 42.5 Å². The van der Waals surface area contributed by atoms with Crippen molar-refractivity contribution in [1.29, 1.82) is 0 Å². The van der Waals surface area contributed by atoms with Crippen LogP contribution in [0.5, 0.6) is 11.5 Å². The lowest BCUT2D eigenvalue weighted by molar-refractivity contribution is -0.385. The number of likely N-dealkylation sites (N-methyl/N-ethyl adjacent to an activating group) is 1. The number of methoxy groups -OCH3 is 2. The molecule has 8 nitrogen and oxygen atoms in total. The fourth-order valence-corrected chi connectivity index (χ4v) is 2.91. The summed E-state index contributed by atoms with van der Waals surface area (Å²) >= 11 is 0. The Bertz CT molecular complexity index is 926. The molecule has 1 amide bonds. The minimum absolute atomic E-state index is 0.00495. The number of rotatable bonds is 5. The molecule has 1 N–H and O–H groups in total. The highest BCUT2D eigenvalue weighted by atomic mass is 16.6. The predicted molar refractivity (Wildman–Crippen MR) is 101 cm³/mol. The van der Waals surface area contributed by atoms with Crippen LogP contribution in [-0.4, -0.2) is 43.2 Å². The van der Waals surface area contributed by atoms with Crippen molar-refractivity contribution < 1.29 is 19.2 Å². The molecular weight excluding hydrogens is 350 g/mol. The fourth-order valence-electron chi connectivity index (χ4n) is 2.91. The summed E-state index contributed by atoms with van der Waals surface area (Å²) in [5, 5.41) is 14.4. The van der Waals surface area contributed by atoms with Gasteiger partial charge in [-0.25, -0.2) is 0 Å². The lowest BCUT2D eigenvalue weighted by Gasteiger charge is -2.34.